The van der Waals surface area contributed by atoms with Gasteiger partial charge in [-0.3, -0.25) is 14.9 Å². The summed E-state index contributed by atoms with van der Waals surface area (Å²) in [4.78, 5) is 40.6. The lowest BCUT2D eigenvalue weighted by atomic mass is 9.87. The number of anilines is 1. The third-order valence-electron chi connectivity index (χ3n) is 8.46. The van der Waals surface area contributed by atoms with Gasteiger partial charge in [0.2, 0.25) is 5.91 Å². The standard InChI is InChI=1S/C31H42ClN3O9/c1-16-9-8-10-24(41-7)31(39)15-23(43-30(38)34-31)17(2)27-28(44-27)22(42-29(37)18(3)33-4)14-25(36)35(5)20-12-19(11-16)13-21(40-6)26(20)32/h8-10,12-13,17-18,22-24,27-28,33,39H,11,14-15H2,1-7H3,(H,34,38)/b10-8+,16-9+/t17-,18-,22+,23+,24-,27?,28+,31+/m1/s1. The summed E-state index contributed by atoms with van der Waals surface area (Å²) >= 11 is 6.67. The number of carbonyl (C=O) groups is 3. The van der Waals surface area contributed by atoms with E-state index in [9.17, 15) is 19.5 Å². The molecule has 3 N–H and O–H groups in total. The molecule has 0 aromatic heterocycles. The van der Waals surface area contributed by atoms with Crippen LogP contribution in [0, 0.1) is 5.92 Å². The summed E-state index contributed by atoms with van der Waals surface area (Å²) in [7, 11) is 6.18. The maximum Gasteiger partial charge on any atom is 0.409 e. The van der Waals surface area contributed by atoms with E-state index in [1.165, 1.54) is 19.1 Å². The largest absolute Gasteiger partial charge is 0.495 e. The van der Waals surface area contributed by atoms with Crippen molar-refractivity contribution in [3.8, 4) is 5.75 Å². The van der Waals surface area contributed by atoms with Crippen LogP contribution in [0.15, 0.2) is 35.9 Å². The van der Waals surface area contributed by atoms with Gasteiger partial charge in [0.1, 0.15) is 41.2 Å². The summed E-state index contributed by atoms with van der Waals surface area (Å²) in [6.45, 7) is 5.41. The van der Waals surface area contributed by atoms with E-state index in [4.69, 9.17) is 35.3 Å². The van der Waals surface area contributed by atoms with Crippen LogP contribution in [-0.2, 0) is 35.0 Å². The molecule has 0 saturated carbocycles. The molecule has 3 aliphatic heterocycles. The van der Waals surface area contributed by atoms with E-state index in [0.29, 0.717) is 17.9 Å². The summed E-state index contributed by atoms with van der Waals surface area (Å²) < 4.78 is 28.5. The molecule has 4 bridgehead atoms. The molecule has 0 aliphatic carbocycles. The minimum absolute atomic E-state index is 0.00503. The van der Waals surface area contributed by atoms with E-state index in [-0.39, 0.29) is 23.8 Å². The average Bonchev–Trinajstić information content (AvgIpc) is 3.78. The fourth-order valence-corrected chi connectivity index (χ4v) is 5.91. The van der Waals surface area contributed by atoms with Crippen LogP contribution in [0.2, 0.25) is 5.02 Å². The number of hydrogen-bond donors (Lipinski definition) is 3. The summed E-state index contributed by atoms with van der Waals surface area (Å²) in [6.07, 6.45) is 1.04. The molecular weight excluding hydrogens is 594 g/mol. The van der Waals surface area contributed by atoms with Crippen molar-refractivity contribution in [1.82, 2.24) is 10.6 Å². The van der Waals surface area contributed by atoms with Gasteiger partial charge in [-0.25, -0.2) is 4.79 Å². The highest BCUT2D eigenvalue weighted by molar-refractivity contribution is 6.35. The predicted octanol–water partition coefficient (Wildman–Crippen LogP) is 2.89. The minimum Gasteiger partial charge on any atom is -0.495 e. The topological polar surface area (TPSA) is 148 Å². The van der Waals surface area contributed by atoms with Gasteiger partial charge in [-0.2, -0.15) is 0 Å². The van der Waals surface area contributed by atoms with Crippen LogP contribution in [0.3, 0.4) is 0 Å². The van der Waals surface area contributed by atoms with E-state index in [0.717, 1.165) is 11.1 Å². The van der Waals surface area contributed by atoms with Crippen LogP contribution in [0.5, 0.6) is 5.75 Å². The number of carbonyl (C=O) groups excluding carboxylic acids is 3. The van der Waals surface area contributed by atoms with Gasteiger partial charge in [0.15, 0.2) is 5.72 Å². The highest BCUT2D eigenvalue weighted by Crippen LogP contribution is 2.41. The Morgan fingerprint density at radius 1 is 1.27 bits per heavy atom. The highest BCUT2D eigenvalue weighted by atomic mass is 35.5. The Kier molecular flexibility index (Phi) is 10.6. The van der Waals surface area contributed by atoms with E-state index >= 15 is 0 Å². The van der Waals surface area contributed by atoms with Gasteiger partial charge < -0.3 is 39.0 Å². The number of nitrogens with one attached hydrogen (secondary N) is 2. The quantitative estimate of drug-likeness (QED) is 0.326. The molecule has 0 spiro atoms. The van der Waals surface area contributed by atoms with Crippen LogP contribution in [-0.4, -0.2) is 93.7 Å². The number of esters is 1. The predicted molar refractivity (Wildman–Crippen MR) is 163 cm³/mol. The van der Waals surface area contributed by atoms with Gasteiger partial charge in [-0.05, 0) is 45.0 Å². The Hall–Kier alpha value is -3.16. The number of alkyl carbamates (subject to hydrolysis) is 1. The first-order chi connectivity index (χ1) is 20.8. The van der Waals surface area contributed by atoms with Gasteiger partial charge in [0.05, 0.1) is 25.3 Å². The number of allylic oxidation sites excluding steroid dienone is 3. The molecule has 2 saturated heterocycles. The monoisotopic (exact) mass is 635 g/mol. The minimum atomic E-state index is -1.76. The first-order valence-corrected chi connectivity index (χ1v) is 14.9. The van der Waals surface area contributed by atoms with Gasteiger partial charge in [0, 0.05) is 26.5 Å². The van der Waals surface area contributed by atoms with Crippen molar-refractivity contribution < 1.29 is 43.2 Å². The number of benzene rings is 1. The van der Waals surface area contributed by atoms with Crippen LogP contribution in [0.1, 0.15) is 39.2 Å². The van der Waals surface area contributed by atoms with Gasteiger partial charge in [-0.1, -0.05) is 42.3 Å². The lowest BCUT2D eigenvalue weighted by Crippen LogP contribution is -2.63. The number of aliphatic hydroxyl groups is 1. The zero-order chi connectivity index (χ0) is 32.3. The van der Waals surface area contributed by atoms with Gasteiger partial charge >= 0.3 is 12.1 Å². The van der Waals surface area contributed by atoms with E-state index in [2.05, 4.69) is 10.6 Å². The summed E-state index contributed by atoms with van der Waals surface area (Å²) in [5.41, 5.74) is 0.471. The molecule has 1 aromatic rings. The van der Waals surface area contributed by atoms with Gasteiger partial charge in [-0.15, -0.1) is 0 Å². The number of fused-ring (bicyclic) bond motifs is 5. The molecule has 242 valence electrons. The lowest BCUT2D eigenvalue weighted by Gasteiger charge is -2.41. The Morgan fingerprint density at radius 2 is 2.00 bits per heavy atom. The van der Waals surface area contributed by atoms with Crippen LogP contribution < -0.4 is 20.3 Å². The number of likely N-dealkylation sites (N-methyl/N-ethyl adjacent to an activating group) is 1. The number of hydrogen-bond acceptors (Lipinski definition) is 10. The molecule has 4 rings (SSSR count). The summed E-state index contributed by atoms with van der Waals surface area (Å²) in [6, 6.07) is 3.00. The molecule has 12 nitrogen and oxygen atoms in total. The molecule has 8 atom stereocenters. The van der Waals surface area contributed by atoms with Crippen molar-refractivity contribution in [1.29, 1.82) is 0 Å². The SMILES string of the molecule is CN[C@H](C)C(=O)O[C@H]1CC(=O)N(C)c2cc(cc(OC)c2Cl)C/C(C)=C/C=C/[C@@H](OC)[C@@]2(O)C[C@H](OC(=O)N2)[C@@H](C)C2O[C@H]21. The maximum atomic E-state index is 13.7. The molecule has 2 fully saturated rings. The number of ether oxygens (including phenoxy) is 5. The summed E-state index contributed by atoms with van der Waals surface area (Å²) in [5, 5.41) is 17.2. The zero-order valence-corrected chi connectivity index (χ0v) is 26.8. The second-order valence-electron chi connectivity index (χ2n) is 11.6. The third-order valence-corrected chi connectivity index (χ3v) is 8.84. The summed E-state index contributed by atoms with van der Waals surface area (Å²) in [5.74, 6) is -0.923. The molecule has 44 heavy (non-hydrogen) atoms. The van der Waals surface area contributed by atoms with E-state index in [1.807, 2.05) is 26.0 Å². The molecule has 3 heterocycles. The van der Waals surface area contributed by atoms with Crippen LogP contribution in [0.4, 0.5) is 10.5 Å². The molecular formula is C31H42ClN3O9. The number of methoxy groups -OCH3 is 2. The number of epoxide rings is 1. The second kappa shape index (κ2) is 13.9. The number of amides is 2. The first-order valence-electron chi connectivity index (χ1n) is 14.6. The Labute approximate surface area is 262 Å². The molecule has 1 unspecified atom stereocenters. The first kappa shape index (κ1) is 33.7. The average molecular weight is 636 g/mol. The van der Waals surface area contributed by atoms with E-state index in [1.54, 1.807) is 39.2 Å². The van der Waals surface area contributed by atoms with Crippen molar-refractivity contribution in [2.75, 3.05) is 33.2 Å². The fourth-order valence-electron chi connectivity index (χ4n) is 5.60. The Morgan fingerprint density at radius 3 is 2.66 bits per heavy atom. The molecule has 1 aromatic carbocycles. The van der Waals surface area contributed by atoms with Gasteiger partial charge in [0.25, 0.3) is 0 Å². The fraction of sp³-hybridized carbons (Fsp3) is 0.581. The number of halogens is 1. The van der Waals surface area contributed by atoms with E-state index < -0.39 is 60.3 Å². The van der Waals surface area contributed by atoms with Crippen molar-refractivity contribution >= 4 is 35.3 Å². The Bertz CT molecular complexity index is 1320. The normalized spacial score (nSPS) is 33.6. The lowest BCUT2D eigenvalue weighted by molar-refractivity contribution is -0.153. The zero-order valence-electron chi connectivity index (χ0n) is 26.1. The maximum absolute atomic E-state index is 13.7. The van der Waals surface area contributed by atoms with Crippen LogP contribution >= 0.6 is 11.6 Å². The van der Waals surface area contributed by atoms with Crippen molar-refractivity contribution in [3.63, 3.8) is 0 Å². The highest BCUT2D eigenvalue weighted by Gasteiger charge is 2.56. The molecule has 2 amide bonds. The third kappa shape index (κ3) is 7.37. The second-order valence-corrected chi connectivity index (χ2v) is 12.0. The smallest absolute Gasteiger partial charge is 0.409 e. The number of rotatable bonds is 5. The van der Waals surface area contributed by atoms with Crippen LogP contribution in [0.25, 0.3) is 0 Å². The molecule has 0 radical (unpaired) electrons. The number of nitrogens with zero attached hydrogens (tertiary/aromatic N) is 1. The Balaban J connectivity index is 1.76. The molecule has 3 aliphatic rings. The molecule has 13 heteroatoms. The van der Waals surface area contributed by atoms with Crippen molar-refractivity contribution in [2.24, 2.45) is 5.92 Å². The van der Waals surface area contributed by atoms with Crippen molar-refractivity contribution in [2.45, 2.75) is 82.3 Å². The van der Waals surface area contributed by atoms with Crippen molar-refractivity contribution in [3.05, 3.63) is 46.5 Å².